The lowest BCUT2D eigenvalue weighted by atomic mass is 9.95. The van der Waals surface area contributed by atoms with E-state index >= 15 is 0 Å². The second-order valence-corrected chi connectivity index (χ2v) is 7.73. The minimum atomic E-state index is -0.397. The molecule has 0 unspecified atom stereocenters. The van der Waals surface area contributed by atoms with Gasteiger partial charge in [0.2, 0.25) is 5.43 Å². The highest BCUT2D eigenvalue weighted by atomic mass is 16.5. The topological polar surface area (TPSA) is 57.9 Å². The third-order valence-electron chi connectivity index (χ3n) is 5.28. The van der Waals surface area contributed by atoms with Gasteiger partial charge < -0.3 is 18.6 Å². The Bertz CT molecular complexity index is 1230. The van der Waals surface area contributed by atoms with Crippen LogP contribution in [0.4, 0.5) is 0 Å². The molecule has 0 spiro atoms. The second kappa shape index (κ2) is 5.64. The Morgan fingerprint density at radius 2 is 1.96 bits per heavy atom. The number of methoxy groups -OCH3 is 1. The van der Waals surface area contributed by atoms with Crippen LogP contribution < -0.4 is 19.6 Å². The van der Waals surface area contributed by atoms with Crippen LogP contribution in [0.2, 0.25) is 0 Å². The van der Waals surface area contributed by atoms with Crippen molar-refractivity contribution in [2.24, 2.45) is 0 Å². The van der Waals surface area contributed by atoms with Crippen molar-refractivity contribution in [1.82, 2.24) is 0 Å². The Morgan fingerprint density at radius 1 is 1.14 bits per heavy atom. The molecule has 0 fully saturated rings. The molecule has 5 rings (SSSR count). The summed E-state index contributed by atoms with van der Waals surface area (Å²) in [7, 11) is 1.61. The minimum Gasteiger partial charge on any atom is -0.496 e. The molecule has 3 aromatic rings. The third kappa shape index (κ3) is 2.35. The lowest BCUT2D eigenvalue weighted by Gasteiger charge is -2.28. The number of aryl methyl sites for hydroxylation is 1. The maximum atomic E-state index is 13.4. The largest absolute Gasteiger partial charge is 0.496 e. The summed E-state index contributed by atoms with van der Waals surface area (Å²) in [5.74, 6) is 2.60. The first-order chi connectivity index (χ1) is 13.4. The summed E-state index contributed by atoms with van der Waals surface area (Å²) < 4.78 is 23.5. The third-order valence-corrected chi connectivity index (χ3v) is 5.28. The molecule has 0 saturated carbocycles. The van der Waals surface area contributed by atoms with Gasteiger partial charge >= 0.3 is 0 Å². The smallest absolute Gasteiger partial charge is 0.201 e. The summed E-state index contributed by atoms with van der Waals surface area (Å²) in [6.07, 6.45) is 3.92. The van der Waals surface area contributed by atoms with Crippen LogP contribution in [0.1, 0.15) is 30.7 Å². The average molecular weight is 376 g/mol. The molecule has 0 N–H and O–H groups in total. The highest BCUT2D eigenvalue weighted by molar-refractivity contribution is 5.92. The predicted molar refractivity (Wildman–Crippen MR) is 107 cm³/mol. The zero-order valence-corrected chi connectivity index (χ0v) is 16.2. The number of hydrogen-bond donors (Lipinski definition) is 0. The van der Waals surface area contributed by atoms with Crippen molar-refractivity contribution in [3.63, 3.8) is 0 Å². The zero-order chi connectivity index (χ0) is 19.6. The molecule has 2 aliphatic heterocycles. The van der Waals surface area contributed by atoms with Gasteiger partial charge in [-0.2, -0.15) is 0 Å². The lowest BCUT2D eigenvalue weighted by molar-refractivity contribution is 0.159. The van der Waals surface area contributed by atoms with Crippen molar-refractivity contribution in [1.29, 1.82) is 0 Å². The van der Waals surface area contributed by atoms with Crippen LogP contribution in [0.25, 0.3) is 28.2 Å². The van der Waals surface area contributed by atoms with E-state index in [1.807, 2.05) is 51.1 Å². The highest BCUT2D eigenvalue weighted by Gasteiger charge is 2.29. The molecule has 0 bridgehead atoms. The maximum absolute atomic E-state index is 13.4. The SMILES string of the molecule is COc1cc2c(cc1C)OCc1oc3c4c(ccc3c(=O)c1-2)OC(C)(C)C=C4. The van der Waals surface area contributed by atoms with Gasteiger partial charge in [-0.3, -0.25) is 4.79 Å². The number of fused-ring (bicyclic) bond motifs is 6. The molecule has 0 amide bonds. The molecule has 0 radical (unpaired) electrons. The summed E-state index contributed by atoms with van der Waals surface area (Å²) in [4.78, 5) is 13.4. The van der Waals surface area contributed by atoms with E-state index in [-0.39, 0.29) is 12.0 Å². The van der Waals surface area contributed by atoms with Gasteiger partial charge in [0.15, 0.2) is 5.76 Å². The predicted octanol–water partition coefficient (Wildman–Crippen LogP) is 4.85. The molecular formula is C23H20O5. The van der Waals surface area contributed by atoms with Crippen LogP contribution in [0.3, 0.4) is 0 Å². The number of benzene rings is 2. The fourth-order valence-corrected chi connectivity index (χ4v) is 3.87. The van der Waals surface area contributed by atoms with Crippen molar-refractivity contribution in [3.8, 4) is 28.4 Å². The number of hydrogen-bond acceptors (Lipinski definition) is 5. The zero-order valence-electron chi connectivity index (χ0n) is 16.2. The Balaban J connectivity index is 1.80. The first-order valence-electron chi connectivity index (χ1n) is 9.21. The molecular weight excluding hydrogens is 356 g/mol. The Kier molecular flexibility index (Phi) is 3.41. The minimum absolute atomic E-state index is 0.0762. The molecule has 0 atom stereocenters. The van der Waals surface area contributed by atoms with E-state index in [4.69, 9.17) is 18.6 Å². The van der Waals surface area contributed by atoms with E-state index in [0.717, 1.165) is 11.1 Å². The Labute approximate surface area is 162 Å². The van der Waals surface area contributed by atoms with Gasteiger partial charge in [-0.15, -0.1) is 0 Å². The Morgan fingerprint density at radius 3 is 2.75 bits per heavy atom. The first kappa shape index (κ1) is 16.9. The standard InChI is InChI=1S/C23H20O5/c1-12-9-18-15(10-17(12)25-4)20-19(11-26-18)27-22-13-7-8-23(2,3)28-16(13)6-5-14(22)21(20)24/h5-10H,11H2,1-4H3. The summed E-state index contributed by atoms with van der Waals surface area (Å²) in [6.45, 7) is 6.12. The van der Waals surface area contributed by atoms with E-state index in [1.54, 1.807) is 13.2 Å². The van der Waals surface area contributed by atoms with Gasteiger partial charge in [0, 0.05) is 5.56 Å². The monoisotopic (exact) mass is 376 g/mol. The van der Waals surface area contributed by atoms with Gasteiger partial charge in [-0.1, -0.05) is 0 Å². The molecule has 5 nitrogen and oxygen atoms in total. The molecule has 0 aliphatic carbocycles. The summed E-state index contributed by atoms with van der Waals surface area (Å²) in [6, 6.07) is 7.35. The molecule has 2 aliphatic rings. The van der Waals surface area contributed by atoms with E-state index in [0.29, 0.717) is 45.1 Å². The molecule has 5 heteroatoms. The van der Waals surface area contributed by atoms with E-state index < -0.39 is 5.60 Å². The van der Waals surface area contributed by atoms with Crippen molar-refractivity contribution in [3.05, 3.63) is 57.5 Å². The fourth-order valence-electron chi connectivity index (χ4n) is 3.87. The van der Waals surface area contributed by atoms with Crippen LogP contribution in [0, 0.1) is 6.92 Å². The van der Waals surface area contributed by atoms with E-state index in [2.05, 4.69) is 0 Å². The van der Waals surface area contributed by atoms with E-state index in [9.17, 15) is 4.79 Å². The van der Waals surface area contributed by atoms with Crippen LogP contribution in [-0.2, 0) is 6.61 Å². The average Bonchev–Trinajstić information content (AvgIpc) is 2.66. The van der Waals surface area contributed by atoms with Crippen LogP contribution in [-0.4, -0.2) is 12.7 Å². The van der Waals surface area contributed by atoms with Gasteiger partial charge in [0.1, 0.15) is 35.0 Å². The van der Waals surface area contributed by atoms with Crippen molar-refractivity contribution in [2.75, 3.05) is 7.11 Å². The number of ether oxygens (including phenoxy) is 3. The summed E-state index contributed by atoms with van der Waals surface area (Å²) in [5.41, 5.74) is 3.02. The van der Waals surface area contributed by atoms with Crippen LogP contribution >= 0.6 is 0 Å². The molecule has 3 heterocycles. The van der Waals surface area contributed by atoms with Gasteiger partial charge in [0.25, 0.3) is 0 Å². The molecule has 28 heavy (non-hydrogen) atoms. The summed E-state index contributed by atoms with van der Waals surface area (Å²) >= 11 is 0. The highest BCUT2D eigenvalue weighted by Crippen LogP contribution is 2.42. The molecule has 142 valence electrons. The second-order valence-electron chi connectivity index (χ2n) is 7.73. The van der Waals surface area contributed by atoms with Gasteiger partial charge in [-0.25, -0.2) is 0 Å². The normalized spacial score (nSPS) is 15.9. The fraction of sp³-hybridized carbons (Fsp3) is 0.261. The molecule has 1 aromatic heterocycles. The van der Waals surface area contributed by atoms with Crippen molar-refractivity contribution >= 4 is 17.0 Å². The van der Waals surface area contributed by atoms with Crippen LogP contribution in [0.5, 0.6) is 17.2 Å². The lowest BCUT2D eigenvalue weighted by Crippen LogP contribution is -2.27. The Hall–Kier alpha value is -3.21. The molecule has 2 aromatic carbocycles. The summed E-state index contributed by atoms with van der Waals surface area (Å²) in [5, 5.41) is 0.526. The van der Waals surface area contributed by atoms with Crippen molar-refractivity contribution < 1.29 is 18.6 Å². The maximum Gasteiger partial charge on any atom is 0.201 e. The van der Waals surface area contributed by atoms with E-state index in [1.165, 1.54) is 0 Å². The van der Waals surface area contributed by atoms with Gasteiger partial charge in [-0.05, 0) is 62.8 Å². The van der Waals surface area contributed by atoms with Crippen molar-refractivity contribution in [2.45, 2.75) is 33.0 Å². The number of rotatable bonds is 1. The first-order valence-corrected chi connectivity index (χ1v) is 9.21. The molecule has 0 saturated heterocycles. The quantitative estimate of drug-likeness (QED) is 0.607. The van der Waals surface area contributed by atoms with Crippen LogP contribution in [0.15, 0.2) is 39.6 Å². The van der Waals surface area contributed by atoms with Gasteiger partial charge in [0.05, 0.1) is 23.6 Å².